The summed E-state index contributed by atoms with van der Waals surface area (Å²) in [7, 11) is 0. The molecule has 2 N–H and O–H groups in total. The maximum atomic E-state index is 6.41. The van der Waals surface area contributed by atoms with E-state index < -0.39 is 0 Å². The van der Waals surface area contributed by atoms with Crippen molar-refractivity contribution in [3.8, 4) is 0 Å². The number of nitrogens with two attached hydrogens (primary N) is 1. The van der Waals surface area contributed by atoms with Crippen LogP contribution in [0.3, 0.4) is 0 Å². The van der Waals surface area contributed by atoms with Gasteiger partial charge in [0, 0.05) is 12.6 Å². The maximum absolute atomic E-state index is 6.41. The predicted octanol–water partition coefficient (Wildman–Crippen LogP) is 4.29. The average Bonchev–Trinajstić information content (AvgIpc) is 2.57. The van der Waals surface area contributed by atoms with Gasteiger partial charge in [-0.25, -0.2) is 0 Å². The van der Waals surface area contributed by atoms with E-state index in [2.05, 4.69) is 32.6 Å². The van der Waals surface area contributed by atoms with Gasteiger partial charge in [-0.3, -0.25) is 0 Å². The number of rotatable bonds is 8. The van der Waals surface area contributed by atoms with Crippen LogP contribution in [0.1, 0.15) is 72.6 Å². The van der Waals surface area contributed by atoms with Crippen LogP contribution in [0.5, 0.6) is 0 Å². The van der Waals surface area contributed by atoms with Crippen LogP contribution in [-0.4, -0.2) is 30.6 Å². The molecule has 1 aliphatic rings. The molecular weight excluding hydrogens is 244 g/mol. The van der Waals surface area contributed by atoms with Crippen LogP contribution in [0.25, 0.3) is 0 Å². The zero-order chi connectivity index (χ0) is 15.0. The molecule has 1 saturated carbocycles. The molecule has 2 unspecified atom stereocenters. The second kappa shape index (κ2) is 9.78. The van der Waals surface area contributed by atoms with Crippen molar-refractivity contribution >= 4 is 0 Å². The smallest absolute Gasteiger partial charge is 0.00793 e. The van der Waals surface area contributed by atoms with Crippen LogP contribution in [-0.2, 0) is 0 Å². The lowest BCUT2D eigenvalue weighted by Crippen LogP contribution is -2.40. The number of hydrogen-bond donors (Lipinski definition) is 1. The van der Waals surface area contributed by atoms with Gasteiger partial charge in [-0.1, -0.05) is 47.0 Å². The molecule has 0 aliphatic heterocycles. The van der Waals surface area contributed by atoms with Crippen molar-refractivity contribution in [2.45, 2.75) is 78.7 Å². The van der Waals surface area contributed by atoms with Gasteiger partial charge >= 0.3 is 0 Å². The van der Waals surface area contributed by atoms with Crippen LogP contribution >= 0.6 is 0 Å². The molecule has 0 aromatic rings. The fourth-order valence-corrected chi connectivity index (χ4v) is 3.15. The molecule has 120 valence electrons. The molecule has 1 aliphatic carbocycles. The summed E-state index contributed by atoms with van der Waals surface area (Å²) in [6, 6.07) is 0.443. The van der Waals surface area contributed by atoms with E-state index >= 15 is 0 Å². The lowest BCUT2D eigenvalue weighted by Gasteiger charge is -2.31. The molecule has 0 saturated heterocycles. The minimum absolute atomic E-state index is 0.443. The van der Waals surface area contributed by atoms with Gasteiger partial charge in [0.05, 0.1) is 0 Å². The lowest BCUT2D eigenvalue weighted by molar-refractivity contribution is 0.189. The summed E-state index contributed by atoms with van der Waals surface area (Å²) in [6.45, 7) is 13.1. The molecule has 1 fully saturated rings. The van der Waals surface area contributed by atoms with Gasteiger partial charge in [0.2, 0.25) is 0 Å². The van der Waals surface area contributed by atoms with Crippen molar-refractivity contribution in [1.82, 2.24) is 4.90 Å². The average molecular weight is 283 g/mol. The van der Waals surface area contributed by atoms with Gasteiger partial charge in [0.1, 0.15) is 0 Å². The second-order valence-electron chi connectivity index (χ2n) is 7.73. The lowest BCUT2D eigenvalue weighted by atomic mass is 9.94. The monoisotopic (exact) mass is 282 g/mol. The number of nitrogens with zero attached hydrogens (tertiary/aromatic N) is 1. The topological polar surface area (TPSA) is 29.3 Å². The Morgan fingerprint density at radius 2 is 1.45 bits per heavy atom. The molecule has 2 nitrogen and oxygen atoms in total. The molecule has 0 amide bonds. The van der Waals surface area contributed by atoms with Crippen molar-refractivity contribution in [3.63, 3.8) is 0 Å². The highest BCUT2D eigenvalue weighted by molar-refractivity contribution is 4.79. The predicted molar refractivity (Wildman–Crippen MR) is 89.9 cm³/mol. The van der Waals surface area contributed by atoms with E-state index in [4.69, 9.17) is 5.73 Å². The van der Waals surface area contributed by atoms with E-state index in [1.165, 1.54) is 64.6 Å². The van der Waals surface area contributed by atoms with Crippen LogP contribution in [0.4, 0.5) is 0 Å². The van der Waals surface area contributed by atoms with E-state index in [-0.39, 0.29) is 0 Å². The van der Waals surface area contributed by atoms with Crippen molar-refractivity contribution in [2.75, 3.05) is 19.6 Å². The summed E-state index contributed by atoms with van der Waals surface area (Å²) in [6.07, 6.45) is 9.35. The third-order valence-corrected chi connectivity index (χ3v) is 4.76. The van der Waals surface area contributed by atoms with E-state index in [1.807, 2.05) is 0 Å². The van der Waals surface area contributed by atoms with E-state index in [9.17, 15) is 0 Å². The fraction of sp³-hybridized carbons (Fsp3) is 1.00. The Balaban J connectivity index is 2.47. The Labute approximate surface area is 127 Å². The summed E-state index contributed by atoms with van der Waals surface area (Å²) in [5.74, 6) is 2.34. The molecule has 20 heavy (non-hydrogen) atoms. The Hall–Kier alpha value is -0.0800. The molecular formula is C18H38N2. The van der Waals surface area contributed by atoms with Gasteiger partial charge in [0.15, 0.2) is 0 Å². The van der Waals surface area contributed by atoms with Crippen LogP contribution in [0, 0.1) is 17.8 Å². The molecule has 0 radical (unpaired) electrons. The third kappa shape index (κ3) is 7.64. The summed E-state index contributed by atoms with van der Waals surface area (Å²) >= 11 is 0. The summed E-state index contributed by atoms with van der Waals surface area (Å²) in [5.41, 5.74) is 6.41. The first-order valence-electron chi connectivity index (χ1n) is 8.97. The second-order valence-corrected chi connectivity index (χ2v) is 7.73. The molecule has 0 spiro atoms. The Morgan fingerprint density at radius 1 is 0.900 bits per heavy atom. The molecule has 2 atom stereocenters. The highest BCUT2D eigenvalue weighted by atomic mass is 15.1. The van der Waals surface area contributed by atoms with E-state index in [0.29, 0.717) is 6.04 Å². The van der Waals surface area contributed by atoms with Crippen molar-refractivity contribution < 1.29 is 0 Å². The first kappa shape index (κ1) is 18.0. The standard InChI is InChI=1S/C18H38N2/c1-15(2)10-12-20(13-11-16(3)4)14-17-8-6-5-7-9-18(17)19/h15-18H,5-14,19H2,1-4H3. The van der Waals surface area contributed by atoms with Gasteiger partial charge in [-0.05, 0) is 56.5 Å². The Bertz CT molecular complexity index is 226. The fourth-order valence-electron chi connectivity index (χ4n) is 3.15. The molecule has 2 heteroatoms. The molecule has 0 aromatic carbocycles. The zero-order valence-electron chi connectivity index (χ0n) is 14.4. The third-order valence-electron chi connectivity index (χ3n) is 4.76. The van der Waals surface area contributed by atoms with Gasteiger partial charge in [0.25, 0.3) is 0 Å². The maximum Gasteiger partial charge on any atom is 0.00793 e. The highest BCUT2D eigenvalue weighted by Crippen LogP contribution is 2.23. The zero-order valence-corrected chi connectivity index (χ0v) is 14.4. The molecule has 1 rings (SSSR count). The normalized spacial score (nSPS) is 24.6. The molecule has 0 heterocycles. The van der Waals surface area contributed by atoms with Crippen LogP contribution in [0.15, 0.2) is 0 Å². The quantitative estimate of drug-likeness (QED) is 0.673. The SMILES string of the molecule is CC(C)CCN(CCC(C)C)CC1CCCCCC1N. The van der Waals surface area contributed by atoms with Crippen LogP contribution in [0.2, 0.25) is 0 Å². The summed E-state index contributed by atoms with van der Waals surface area (Å²) < 4.78 is 0. The molecule has 0 aromatic heterocycles. The Kier molecular flexibility index (Phi) is 8.79. The van der Waals surface area contributed by atoms with E-state index in [1.54, 1.807) is 0 Å². The van der Waals surface area contributed by atoms with Crippen LogP contribution < -0.4 is 5.73 Å². The Morgan fingerprint density at radius 3 is 2.00 bits per heavy atom. The number of hydrogen-bond acceptors (Lipinski definition) is 2. The van der Waals surface area contributed by atoms with Crippen molar-refractivity contribution in [2.24, 2.45) is 23.5 Å². The van der Waals surface area contributed by atoms with E-state index in [0.717, 1.165) is 17.8 Å². The summed E-state index contributed by atoms with van der Waals surface area (Å²) in [4.78, 5) is 2.70. The first-order valence-corrected chi connectivity index (χ1v) is 8.97. The minimum Gasteiger partial charge on any atom is -0.327 e. The minimum atomic E-state index is 0.443. The van der Waals surface area contributed by atoms with Crippen molar-refractivity contribution in [1.29, 1.82) is 0 Å². The molecule has 0 bridgehead atoms. The van der Waals surface area contributed by atoms with Gasteiger partial charge in [-0.15, -0.1) is 0 Å². The largest absolute Gasteiger partial charge is 0.327 e. The first-order chi connectivity index (χ1) is 9.49. The van der Waals surface area contributed by atoms with Crippen molar-refractivity contribution in [3.05, 3.63) is 0 Å². The van der Waals surface area contributed by atoms with Gasteiger partial charge < -0.3 is 10.6 Å². The van der Waals surface area contributed by atoms with Gasteiger partial charge in [-0.2, -0.15) is 0 Å². The highest BCUT2D eigenvalue weighted by Gasteiger charge is 2.22. The summed E-state index contributed by atoms with van der Waals surface area (Å²) in [5, 5.41) is 0.